The van der Waals surface area contributed by atoms with E-state index in [0.29, 0.717) is 18.0 Å². The summed E-state index contributed by atoms with van der Waals surface area (Å²) in [6.07, 6.45) is 3.28. The lowest BCUT2D eigenvalue weighted by Crippen LogP contribution is -2.25. The molecule has 0 radical (unpaired) electrons. The van der Waals surface area contributed by atoms with Crippen molar-refractivity contribution in [2.24, 2.45) is 0 Å². The van der Waals surface area contributed by atoms with Gasteiger partial charge in [0.1, 0.15) is 11.9 Å². The lowest BCUT2D eigenvalue weighted by Gasteiger charge is -2.29. The second kappa shape index (κ2) is 10.6. The van der Waals surface area contributed by atoms with Gasteiger partial charge in [0, 0.05) is 19.7 Å². The largest absolute Gasteiger partial charge is 0.497 e. The number of nitrogens with zero attached hydrogens (tertiary/aromatic N) is 4. The van der Waals surface area contributed by atoms with E-state index in [1.807, 2.05) is 48.5 Å². The predicted octanol–water partition coefficient (Wildman–Crippen LogP) is 3.84. The Labute approximate surface area is 204 Å². The Morgan fingerprint density at radius 3 is 2.26 bits per heavy atom. The fourth-order valence-electron chi connectivity index (χ4n) is 4.39. The van der Waals surface area contributed by atoms with E-state index in [4.69, 9.17) is 9.47 Å². The molecule has 1 N–H and O–H groups in total. The van der Waals surface area contributed by atoms with Gasteiger partial charge in [-0.15, -0.1) is 5.10 Å². The highest BCUT2D eigenvalue weighted by Crippen LogP contribution is 2.35. The number of aromatic carboxylic acids is 1. The van der Waals surface area contributed by atoms with E-state index in [2.05, 4.69) is 10.3 Å². The van der Waals surface area contributed by atoms with Gasteiger partial charge in [0.25, 0.3) is 5.91 Å². The van der Waals surface area contributed by atoms with Crippen molar-refractivity contribution in [2.45, 2.75) is 44.2 Å². The Bertz CT molecular complexity index is 1160. The van der Waals surface area contributed by atoms with Crippen molar-refractivity contribution in [3.8, 4) is 11.6 Å². The summed E-state index contributed by atoms with van der Waals surface area (Å²) in [7, 11) is 5.09. The molecule has 3 aromatic rings. The van der Waals surface area contributed by atoms with E-state index >= 15 is 0 Å². The number of aromatic nitrogens is 3. The Morgan fingerprint density at radius 2 is 1.69 bits per heavy atom. The molecule has 1 aliphatic rings. The fraction of sp³-hybridized carbons (Fsp3) is 0.385. The molecule has 4 rings (SSSR count). The molecule has 35 heavy (non-hydrogen) atoms. The maximum absolute atomic E-state index is 12.1. The van der Waals surface area contributed by atoms with Gasteiger partial charge in [-0.3, -0.25) is 4.79 Å². The van der Waals surface area contributed by atoms with Gasteiger partial charge in [0.05, 0.1) is 13.7 Å². The summed E-state index contributed by atoms with van der Waals surface area (Å²) in [6, 6.07) is 15.3. The van der Waals surface area contributed by atoms with E-state index in [1.165, 1.54) is 10.2 Å². The number of carboxylic acid groups (broad SMARTS) is 1. The van der Waals surface area contributed by atoms with E-state index in [1.54, 1.807) is 26.1 Å². The van der Waals surface area contributed by atoms with Gasteiger partial charge < -0.3 is 19.5 Å². The number of benzene rings is 2. The van der Waals surface area contributed by atoms with Crippen LogP contribution >= 0.6 is 0 Å². The molecular weight excluding hydrogens is 448 g/mol. The zero-order valence-electron chi connectivity index (χ0n) is 20.2. The SMILES string of the molecule is COc1ccc(Cn2nnc(C(=O)O)c2OC2CCC(c3ccc(C(=O)N(C)C)cc3)CC2)cc1. The van der Waals surface area contributed by atoms with Crippen molar-refractivity contribution in [3.63, 3.8) is 0 Å². The molecule has 1 amide bonds. The van der Waals surface area contributed by atoms with Crippen LogP contribution in [0.15, 0.2) is 48.5 Å². The molecule has 0 spiro atoms. The van der Waals surface area contributed by atoms with Crippen LogP contribution in [-0.4, -0.2) is 64.2 Å². The molecule has 0 saturated heterocycles. The maximum atomic E-state index is 12.1. The summed E-state index contributed by atoms with van der Waals surface area (Å²) >= 11 is 0. The second-order valence-corrected chi connectivity index (χ2v) is 8.97. The number of carbonyl (C=O) groups excluding carboxylic acids is 1. The van der Waals surface area contributed by atoms with Gasteiger partial charge in [-0.1, -0.05) is 29.5 Å². The van der Waals surface area contributed by atoms with Gasteiger partial charge in [-0.25, -0.2) is 9.48 Å². The predicted molar refractivity (Wildman–Crippen MR) is 129 cm³/mol. The molecule has 1 heterocycles. The molecule has 2 aromatic carbocycles. The van der Waals surface area contributed by atoms with Crippen LogP contribution in [0.3, 0.4) is 0 Å². The summed E-state index contributed by atoms with van der Waals surface area (Å²) in [4.78, 5) is 25.4. The highest BCUT2D eigenvalue weighted by molar-refractivity contribution is 5.93. The van der Waals surface area contributed by atoms with Gasteiger partial charge in [-0.05, 0) is 67.0 Å². The summed E-state index contributed by atoms with van der Waals surface area (Å²) < 4.78 is 12.9. The number of methoxy groups -OCH3 is 1. The van der Waals surface area contributed by atoms with Gasteiger partial charge in [0.15, 0.2) is 0 Å². The molecular formula is C26H30N4O5. The van der Waals surface area contributed by atoms with Gasteiger partial charge in [0.2, 0.25) is 11.6 Å². The monoisotopic (exact) mass is 478 g/mol. The number of carboxylic acids is 1. The second-order valence-electron chi connectivity index (χ2n) is 8.97. The smallest absolute Gasteiger partial charge is 0.362 e. The first kappa shape index (κ1) is 24.3. The average Bonchev–Trinajstić information content (AvgIpc) is 3.26. The quantitative estimate of drug-likeness (QED) is 0.524. The van der Waals surface area contributed by atoms with Crippen molar-refractivity contribution in [3.05, 3.63) is 70.9 Å². The molecule has 184 valence electrons. The number of carbonyl (C=O) groups is 2. The number of ether oxygens (including phenoxy) is 2. The van der Waals surface area contributed by atoms with Crippen molar-refractivity contribution >= 4 is 11.9 Å². The zero-order chi connectivity index (χ0) is 24.9. The molecule has 0 bridgehead atoms. The zero-order valence-corrected chi connectivity index (χ0v) is 20.2. The lowest BCUT2D eigenvalue weighted by molar-refractivity contribution is 0.0675. The summed E-state index contributed by atoms with van der Waals surface area (Å²) in [5, 5.41) is 17.5. The molecule has 1 aliphatic carbocycles. The van der Waals surface area contributed by atoms with Crippen LogP contribution in [0.25, 0.3) is 0 Å². The first-order valence-corrected chi connectivity index (χ1v) is 11.6. The lowest BCUT2D eigenvalue weighted by atomic mass is 9.82. The fourth-order valence-corrected chi connectivity index (χ4v) is 4.39. The Morgan fingerprint density at radius 1 is 1.03 bits per heavy atom. The van der Waals surface area contributed by atoms with Crippen LogP contribution in [0, 0.1) is 0 Å². The average molecular weight is 479 g/mol. The first-order valence-electron chi connectivity index (χ1n) is 11.6. The Balaban J connectivity index is 1.41. The highest BCUT2D eigenvalue weighted by Gasteiger charge is 2.28. The van der Waals surface area contributed by atoms with Crippen LogP contribution in [0.5, 0.6) is 11.6 Å². The highest BCUT2D eigenvalue weighted by atomic mass is 16.5. The number of rotatable bonds is 8. The van der Waals surface area contributed by atoms with E-state index in [0.717, 1.165) is 37.0 Å². The van der Waals surface area contributed by atoms with E-state index in [9.17, 15) is 14.7 Å². The molecule has 0 unspecified atom stereocenters. The van der Waals surface area contributed by atoms with Crippen LogP contribution in [-0.2, 0) is 6.54 Å². The molecule has 1 fully saturated rings. The summed E-state index contributed by atoms with van der Waals surface area (Å²) in [5.74, 6) is 0.124. The third-order valence-corrected chi connectivity index (χ3v) is 6.37. The molecule has 0 aliphatic heterocycles. The minimum absolute atomic E-state index is 0.0113. The maximum Gasteiger partial charge on any atom is 0.362 e. The van der Waals surface area contributed by atoms with Gasteiger partial charge in [-0.2, -0.15) is 0 Å². The van der Waals surface area contributed by atoms with Crippen LogP contribution < -0.4 is 9.47 Å². The van der Waals surface area contributed by atoms with Crippen molar-refractivity contribution < 1.29 is 24.2 Å². The number of hydrogen-bond acceptors (Lipinski definition) is 6. The Kier molecular flexibility index (Phi) is 7.33. The summed E-state index contributed by atoms with van der Waals surface area (Å²) in [6.45, 7) is 0.340. The van der Waals surface area contributed by atoms with E-state index < -0.39 is 5.97 Å². The third kappa shape index (κ3) is 5.62. The third-order valence-electron chi connectivity index (χ3n) is 6.37. The Hall–Kier alpha value is -3.88. The first-order chi connectivity index (χ1) is 16.9. The minimum Gasteiger partial charge on any atom is -0.497 e. The molecule has 9 heteroatoms. The van der Waals surface area contributed by atoms with E-state index in [-0.39, 0.29) is 23.6 Å². The molecule has 0 atom stereocenters. The number of amides is 1. The normalized spacial score (nSPS) is 17.6. The molecule has 1 aromatic heterocycles. The summed E-state index contributed by atoms with van der Waals surface area (Å²) in [5.41, 5.74) is 2.63. The van der Waals surface area contributed by atoms with Crippen LogP contribution in [0.4, 0.5) is 0 Å². The molecule has 1 saturated carbocycles. The van der Waals surface area contributed by atoms with Gasteiger partial charge >= 0.3 is 5.97 Å². The van der Waals surface area contributed by atoms with Crippen LogP contribution in [0.2, 0.25) is 0 Å². The molecule has 9 nitrogen and oxygen atoms in total. The topological polar surface area (TPSA) is 107 Å². The van der Waals surface area contributed by atoms with Crippen molar-refractivity contribution in [2.75, 3.05) is 21.2 Å². The number of hydrogen-bond donors (Lipinski definition) is 1. The van der Waals surface area contributed by atoms with Crippen LogP contribution in [0.1, 0.15) is 63.6 Å². The standard InChI is InChI=1S/C26H30N4O5/c1-29(2)24(31)20-8-6-18(7-9-20)19-10-14-22(15-11-19)35-25-23(26(32)33)27-28-30(25)16-17-4-12-21(34-3)13-5-17/h4-9,12-13,19,22H,10-11,14-16H2,1-3H3,(H,32,33). The minimum atomic E-state index is -1.16. The van der Waals surface area contributed by atoms with Crippen molar-refractivity contribution in [1.82, 2.24) is 19.9 Å². The van der Waals surface area contributed by atoms with Crippen molar-refractivity contribution in [1.29, 1.82) is 0 Å².